The number of hydrogen-bond acceptors (Lipinski definition) is 4. The molecule has 0 radical (unpaired) electrons. The topological polar surface area (TPSA) is 36.9 Å². The number of fused-ring (bicyclic) bond motifs is 1. The third-order valence-corrected chi connectivity index (χ3v) is 9.39. The predicted octanol–water partition coefficient (Wildman–Crippen LogP) is 7.55. The van der Waals surface area contributed by atoms with Gasteiger partial charge in [0.05, 0.1) is 6.61 Å². The van der Waals surface area contributed by atoms with Crippen molar-refractivity contribution in [2.75, 3.05) is 26.4 Å². The largest absolute Gasteiger partial charge is 0.500 e. The van der Waals surface area contributed by atoms with E-state index in [1.807, 2.05) is 20.8 Å². The molecule has 0 N–H and O–H groups in total. The molecule has 1 aliphatic rings. The number of rotatable bonds is 15. The summed E-state index contributed by atoms with van der Waals surface area (Å²) in [5, 5.41) is 0. The van der Waals surface area contributed by atoms with Crippen molar-refractivity contribution in [3.63, 3.8) is 0 Å². The number of hydrogen-bond donors (Lipinski definition) is 0. The molecule has 34 heavy (non-hydrogen) atoms. The number of benzene rings is 2. The van der Waals surface area contributed by atoms with Crippen LogP contribution in [0.2, 0.25) is 6.04 Å². The van der Waals surface area contributed by atoms with Gasteiger partial charge in [-0.05, 0) is 87.3 Å². The Morgan fingerprint density at radius 3 is 2.12 bits per heavy atom. The lowest BCUT2D eigenvalue weighted by atomic mass is 10.0. The molecule has 2 aromatic rings. The molecular weight excluding hydrogens is 440 g/mol. The van der Waals surface area contributed by atoms with Gasteiger partial charge in [0.25, 0.3) is 0 Å². The molecule has 5 heteroatoms. The van der Waals surface area contributed by atoms with E-state index in [4.69, 9.17) is 18.0 Å². The monoisotopic (exact) mass is 482 g/mol. The van der Waals surface area contributed by atoms with Crippen LogP contribution in [0.4, 0.5) is 0 Å². The van der Waals surface area contributed by atoms with E-state index in [9.17, 15) is 0 Å². The van der Waals surface area contributed by atoms with Crippen LogP contribution in [-0.4, -0.2) is 35.2 Å². The summed E-state index contributed by atoms with van der Waals surface area (Å²) in [6.07, 6.45) is 10.2. The van der Waals surface area contributed by atoms with Gasteiger partial charge in [-0.15, -0.1) is 0 Å². The van der Waals surface area contributed by atoms with E-state index in [0.717, 1.165) is 56.9 Å². The summed E-state index contributed by atoms with van der Waals surface area (Å²) in [5.41, 5.74) is 5.54. The van der Waals surface area contributed by atoms with Gasteiger partial charge in [0.2, 0.25) is 0 Å². The molecular formula is C29H42O4Si. The molecule has 0 spiro atoms. The molecule has 0 aliphatic heterocycles. The predicted molar refractivity (Wildman–Crippen MR) is 143 cm³/mol. The minimum absolute atomic E-state index is 0.642. The average Bonchev–Trinajstić information content (AvgIpc) is 3.07. The van der Waals surface area contributed by atoms with Gasteiger partial charge in [-0.25, -0.2) is 0 Å². The maximum Gasteiger partial charge on any atom is 0.500 e. The quantitative estimate of drug-likeness (QED) is 0.194. The van der Waals surface area contributed by atoms with Crippen LogP contribution in [0.15, 0.2) is 48.5 Å². The van der Waals surface area contributed by atoms with Crippen molar-refractivity contribution in [3.8, 4) is 5.75 Å². The minimum Gasteiger partial charge on any atom is -0.494 e. The zero-order chi connectivity index (χ0) is 24.1. The Kier molecular flexibility index (Phi) is 11.4. The molecule has 2 aromatic carbocycles. The second kappa shape index (κ2) is 14.5. The van der Waals surface area contributed by atoms with Gasteiger partial charge in [0.15, 0.2) is 0 Å². The molecule has 0 saturated carbocycles. The summed E-state index contributed by atoms with van der Waals surface area (Å²) in [7, 11) is -2.50. The Balaban J connectivity index is 1.39. The maximum absolute atomic E-state index is 6.01. The average molecular weight is 483 g/mol. The van der Waals surface area contributed by atoms with Gasteiger partial charge in [0, 0.05) is 25.9 Å². The first-order chi connectivity index (χ1) is 16.7. The van der Waals surface area contributed by atoms with Crippen LogP contribution in [0.1, 0.15) is 76.0 Å². The van der Waals surface area contributed by atoms with Crippen LogP contribution in [0, 0.1) is 0 Å². The summed E-state index contributed by atoms with van der Waals surface area (Å²) in [6.45, 7) is 8.71. The molecule has 0 aromatic heterocycles. The van der Waals surface area contributed by atoms with E-state index in [1.165, 1.54) is 28.7 Å². The highest BCUT2D eigenvalue weighted by Gasteiger charge is 2.39. The summed E-state index contributed by atoms with van der Waals surface area (Å²) >= 11 is 0. The zero-order valence-electron chi connectivity index (χ0n) is 21.3. The molecule has 1 aliphatic carbocycles. The number of allylic oxidation sites excluding steroid dienone is 1. The third kappa shape index (κ3) is 8.09. The van der Waals surface area contributed by atoms with Gasteiger partial charge >= 0.3 is 8.80 Å². The standard InChI is InChI=1S/C29H42O4Si/c1-4-31-34(32-5-2,33-6-3)23-12-8-7-11-22-30-29-20-18-26(19-21-29)28-17-13-16-25-14-9-10-15-27(25)24-28/h9-10,14-15,18-21,24H,4-8,11-13,16-17,22-23H2,1-3H3. The van der Waals surface area contributed by atoms with Crippen molar-refractivity contribution in [3.05, 3.63) is 65.2 Å². The van der Waals surface area contributed by atoms with E-state index >= 15 is 0 Å². The van der Waals surface area contributed by atoms with E-state index in [2.05, 4.69) is 54.6 Å². The second-order valence-electron chi connectivity index (χ2n) is 8.74. The molecule has 186 valence electrons. The van der Waals surface area contributed by atoms with Crippen molar-refractivity contribution in [2.45, 2.75) is 71.8 Å². The van der Waals surface area contributed by atoms with Crippen LogP contribution in [0.25, 0.3) is 11.6 Å². The minimum atomic E-state index is -2.50. The number of ether oxygens (including phenoxy) is 1. The van der Waals surface area contributed by atoms with E-state index in [-0.39, 0.29) is 0 Å². The van der Waals surface area contributed by atoms with Gasteiger partial charge in [-0.3, -0.25) is 0 Å². The smallest absolute Gasteiger partial charge is 0.494 e. The second-order valence-corrected chi connectivity index (χ2v) is 11.5. The molecule has 0 fully saturated rings. The molecule has 0 bridgehead atoms. The summed E-state index contributed by atoms with van der Waals surface area (Å²) < 4.78 is 23.8. The van der Waals surface area contributed by atoms with Crippen LogP contribution in [0.5, 0.6) is 5.75 Å². The van der Waals surface area contributed by atoms with Crippen molar-refractivity contribution in [1.29, 1.82) is 0 Å². The van der Waals surface area contributed by atoms with Crippen molar-refractivity contribution >= 4 is 20.5 Å². The fraction of sp³-hybridized carbons (Fsp3) is 0.517. The Morgan fingerprint density at radius 1 is 0.735 bits per heavy atom. The van der Waals surface area contributed by atoms with Crippen LogP contribution >= 0.6 is 0 Å². The lowest BCUT2D eigenvalue weighted by Crippen LogP contribution is -2.45. The highest BCUT2D eigenvalue weighted by atomic mass is 28.4. The van der Waals surface area contributed by atoms with E-state index < -0.39 is 8.80 Å². The van der Waals surface area contributed by atoms with Crippen LogP contribution < -0.4 is 4.74 Å². The Bertz CT molecular complexity index is 861. The Hall–Kier alpha value is -1.92. The highest BCUT2D eigenvalue weighted by Crippen LogP contribution is 2.30. The van der Waals surface area contributed by atoms with E-state index in [1.54, 1.807) is 0 Å². The lowest BCUT2D eigenvalue weighted by molar-refractivity contribution is 0.0706. The number of unbranched alkanes of at least 4 members (excludes halogenated alkanes) is 3. The Morgan fingerprint density at radius 2 is 1.41 bits per heavy atom. The lowest BCUT2D eigenvalue weighted by Gasteiger charge is -2.28. The summed E-state index contributed by atoms with van der Waals surface area (Å²) in [5.74, 6) is 0.953. The highest BCUT2D eigenvalue weighted by molar-refractivity contribution is 6.60. The van der Waals surface area contributed by atoms with Gasteiger partial charge < -0.3 is 18.0 Å². The third-order valence-electron chi connectivity index (χ3n) is 6.24. The van der Waals surface area contributed by atoms with Crippen LogP contribution in [-0.2, 0) is 19.7 Å². The van der Waals surface area contributed by atoms with E-state index in [0.29, 0.717) is 19.8 Å². The van der Waals surface area contributed by atoms with Crippen molar-refractivity contribution in [2.24, 2.45) is 0 Å². The van der Waals surface area contributed by atoms with Crippen molar-refractivity contribution < 1.29 is 18.0 Å². The molecule has 0 amide bonds. The molecule has 4 nitrogen and oxygen atoms in total. The first kappa shape index (κ1) is 26.7. The summed E-state index contributed by atoms with van der Waals surface area (Å²) in [4.78, 5) is 0. The van der Waals surface area contributed by atoms with Gasteiger partial charge in [-0.1, -0.05) is 55.3 Å². The Labute approximate surface area is 207 Å². The molecule has 0 atom stereocenters. The number of aryl methyl sites for hydroxylation is 1. The normalized spacial score (nSPS) is 13.8. The summed E-state index contributed by atoms with van der Waals surface area (Å²) in [6, 6.07) is 18.3. The van der Waals surface area contributed by atoms with Gasteiger partial charge in [0.1, 0.15) is 5.75 Å². The molecule has 0 unspecified atom stereocenters. The fourth-order valence-corrected chi connectivity index (χ4v) is 7.30. The molecule has 0 saturated heterocycles. The maximum atomic E-state index is 6.01. The first-order valence-corrected chi connectivity index (χ1v) is 15.1. The first-order valence-electron chi connectivity index (χ1n) is 13.1. The fourth-order valence-electron chi connectivity index (χ4n) is 4.61. The van der Waals surface area contributed by atoms with Gasteiger partial charge in [-0.2, -0.15) is 0 Å². The van der Waals surface area contributed by atoms with Crippen molar-refractivity contribution in [1.82, 2.24) is 0 Å². The SMILES string of the molecule is CCO[Si](CCCCCCOc1ccc(C2=Cc3ccccc3CCC2)cc1)(OCC)OCC. The zero-order valence-corrected chi connectivity index (χ0v) is 22.3. The molecule has 0 heterocycles. The van der Waals surface area contributed by atoms with Crippen LogP contribution in [0.3, 0.4) is 0 Å². The molecule has 3 rings (SSSR count).